The van der Waals surface area contributed by atoms with Crippen molar-refractivity contribution < 1.29 is 13.6 Å². The van der Waals surface area contributed by atoms with Gasteiger partial charge in [0.05, 0.1) is 0 Å². The number of hydrogen-bond donors (Lipinski definition) is 0. The minimum atomic E-state index is -1.88. The van der Waals surface area contributed by atoms with Crippen molar-refractivity contribution >= 4 is 16.6 Å². The van der Waals surface area contributed by atoms with E-state index in [0.717, 1.165) is 5.75 Å². The molecule has 0 unspecified atom stereocenters. The van der Waals surface area contributed by atoms with Gasteiger partial charge in [-0.1, -0.05) is 39.0 Å². The number of ether oxygens (including phenoxy) is 1. The standard InChI is InChI=1S/C17H30O3Si2/c1-17(2,3)22(7,8)18-14-16(20-21(4,5)6)19-15-12-10-9-11-13-15/h9-14H,1-8H3/b16-14+. The van der Waals surface area contributed by atoms with E-state index >= 15 is 0 Å². The average Bonchev–Trinajstić information content (AvgIpc) is 2.34. The quantitative estimate of drug-likeness (QED) is 0.489. The Morgan fingerprint density at radius 2 is 1.50 bits per heavy atom. The first kappa shape index (κ1) is 18.8. The molecule has 0 saturated carbocycles. The van der Waals surface area contributed by atoms with E-state index in [9.17, 15) is 0 Å². The zero-order valence-electron chi connectivity index (χ0n) is 15.2. The molecule has 0 aliphatic carbocycles. The highest BCUT2D eigenvalue weighted by atomic mass is 28.4. The number of para-hydroxylation sites is 1. The molecule has 0 aliphatic heterocycles. The van der Waals surface area contributed by atoms with Crippen molar-refractivity contribution in [2.45, 2.75) is 58.5 Å². The van der Waals surface area contributed by atoms with Gasteiger partial charge in [0.15, 0.2) is 0 Å². The van der Waals surface area contributed by atoms with Crippen LogP contribution in [0.15, 0.2) is 42.5 Å². The van der Waals surface area contributed by atoms with Crippen LogP contribution >= 0.6 is 0 Å². The van der Waals surface area contributed by atoms with Gasteiger partial charge in [-0.05, 0) is 49.9 Å². The SMILES string of the molecule is CC(C)(C)[Si](C)(C)O/C=C(\Oc1ccccc1)O[Si](C)(C)C. The Balaban J connectivity index is 2.93. The minimum absolute atomic E-state index is 0.139. The second kappa shape index (κ2) is 6.92. The molecule has 1 aromatic carbocycles. The molecule has 0 amide bonds. The molecule has 0 fully saturated rings. The van der Waals surface area contributed by atoms with Gasteiger partial charge in [0.2, 0.25) is 16.6 Å². The summed E-state index contributed by atoms with van der Waals surface area (Å²) in [6.07, 6.45) is 1.67. The van der Waals surface area contributed by atoms with Gasteiger partial charge >= 0.3 is 5.95 Å². The average molecular weight is 339 g/mol. The smallest absolute Gasteiger partial charge is 0.305 e. The highest BCUT2D eigenvalue weighted by Gasteiger charge is 2.38. The molecule has 0 radical (unpaired) electrons. The van der Waals surface area contributed by atoms with Gasteiger partial charge < -0.3 is 13.6 Å². The highest BCUT2D eigenvalue weighted by molar-refractivity contribution is 6.74. The van der Waals surface area contributed by atoms with Crippen molar-refractivity contribution in [3.05, 3.63) is 42.5 Å². The number of benzene rings is 1. The van der Waals surface area contributed by atoms with Crippen LogP contribution in [0.3, 0.4) is 0 Å². The van der Waals surface area contributed by atoms with Crippen LogP contribution in [0.25, 0.3) is 0 Å². The normalized spacial score (nSPS) is 13.7. The van der Waals surface area contributed by atoms with Crippen LogP contribution in [0.1, 0.15) is 20.8 Å². The van der Waals surface area contributed by atoms with Crippen LogP contribution < -0.4 is 4.74 Å². The van der Waals surface area contributed by atoms with Crippen LogP contribution in [-0.2, 0) is 8.85 Å². The summed E-state index contributed by atoms with van der Waals surface area (Å²) in [6.45, 7) is 17.4. The monoisotopic (exact) mass is 338 g/mol. The second-order valence-electron chi connectivity index (χ2n) is 7.94. The lowest BCUT2D eigenvalue weighted by Crippen LogP contribution is -2.39. The van der Waals surface area contributed by atoms with Crippen LogP contribution in [0.5, 0.6) is 5.75 Å². The first-order chi connectivity index (χ1) is 9.91. The van der Waals surface area contributed by atoms with Gasteiger partial charge in [-0.15, -0.1) is 0 Å². The topological polar surface area (TPSA) is 27.7 Å². The molecule has 22 heavy (non-hydrogen) atoms. The van der Waals surface area contributed by atoms with E-state index in [2.05, 4.69) is 53.5 Å². The molecular weight excluding hydrogens is 308 g/mol. The third-order valence-corrected chi connectivity index (χ3v) is 8.76. The lowest BCUT2D eigenvalue weighted by Gasteiger charge is -2.35. The van der Waals surface area contributed by atoms with Crippen LogP contribution in [0.4, 0.5) is 0 Å². The maximum atomic E-state index is 6.12. The lowest BCUT2D eigenvalue weighted by molar-refractivity contribution is 0.201. The third-order valence-electron chi connectivity index (χ3n) is 3.62. The fourth-order valence-electron chi connectivity index (χ4n) is 1.35. The summed E-state index contributed by atoms with van der Waals surface area (Å²) in [5.74, 6) is 1.21. The van der Waals surface area contributed by atoms with E-state index in [1.54, 1.807) is 6.26 Å². The molecular formula is C17H30O3Si2. The van der Waals surface area contributed by atoms with Crippen molar-refractivity contribution in [2.24, 2.45) is 0 Å². The minimum Gasteiger partial charge on any atom is -0.544 e. The largest absolute Gasteiger partial charge is 0.544 e. The summed E-state index contributed by atoms with van der Waals surface area (Å²) >= 11 is 0. The summed E-state index contributed by atoms with van der Waals surface area (Å²) in [7, 11) is -3.66. The lowest BCUT2D eigenvalue weighted by atomic mass is 10.2. The molecule has 0 aliphatic rings. The Labute approximate surface area is 137 Å². The highest BCUT2D eigenvalue weighted by Crippen LogP contribution is 2.37. The summed E-state index contributed by atoms with van der Waals surface area (Å²) < 4.78 is 18.0. The van der Waals surface area contributed by atoms with Gasteiger partial charge in [-0.2, -0.15) is 0 Å². The molecule has 0 spiro atoms. The number of hydrogen-bond acceptors (Lipinski definition) is 3. The predicted octanol–water partition coefficient (Wildman–Crippen LogP) is 5.74. The van der Waals surface area contributed by atoms with Crippen molar-refractivity contribution in [2.75, 3.05) is 0 Å². The summed E-state index contributed by atoms with van der Waals surface area (Å²) in [6, 6.07) is 9.66. The second-order valence-corrected chi connectivity index (χ2v) is 17.1. The van der Waals surface area contributed by atoms with E-state index in [0.29, 0.717) is 5.95 Å². The molecule has 0 saturated heterocycles. The molecule has 0 N–H and O–H groups in total. The first-order valence-electron chi connectivity index (χ1n) is 7.71. The van der Waals surface area contributed by atoms with E-state index in [4.69, 9.17) is 13.6 Å². The molecule has 0 heterocycles. The first-order valence-corrected chi connectivity index (χ1v) is 14.0. The van der Waals surface area contributed by atoms with Crippen molar-refractivity contribution in [3.63, 3.8) is 0 Å². The Hall–Kier alpha value is -1.21. The van der Waals surface area contributed by atoms with Crippen molar-refractivity contribution in [1.29, 1.82) is 0 Å². The fraction of sp³-hybridized carbons (Fsp3) is 0.529. The van der Waals surface area contributed by atoms with E-state index in [1.807, 2.05) is 30.3 Å². The Morgan fingerprint density at radius 3 is 1.95 bits per heavy atom. The maximum Gasteiger partial charge on any atom is 0.305 e. The molecule has 0 aromatic heterocycles. The van der Waals surface area contributed by atoms with E-state index in [-0.39, 0.29) is 5.04 Å². The van der Waals surface area contributed by atoms with Gasteiger partial charge in [-0.3, -0.25) is 0 Å². The Bertz CT molecular complexity index is 497. The summed E-state index contributed by atoms with van der Waals surface area (Å²) in [4.78, 5) is 0. The number of rotatable bonds is 6. The summed E-state index contributed by atoms with van der Waals surface area (Å²) in [5, 5.41) is 0.139. The molecule has 0 atom stereocenters. The van der Waals surface area contributed by atoms with Gasteiger partial charge in [0.1, 0.15) is 12.0 Å². The van der Waals surface area contributed by atoms with Crippen LogP contribution in [0, 0.1) is 0 Å². The van der Waals surface area contributed by atoms with Crippen molar-refractivity contribution in [1.82, 2.24) is 0 Å². The molecule has 1 rings (SSSR count). The predicted molar refractivity (Wildman–Crippen MR) is 97.9 cm³/mol. The van der Waals surface area contributed by atoms with Gasteiger partial charge in [-0.25, -0.2) is 0 Å². The maximum absolute atomic E-state index is 6.12. The zero-order chi connectivity index (χ0) is 17.0. The van der Waals surface area contributed by atoms with E-state index < -0.39 is 16.6 Å². The fourth-order valence-corrected chi connectivity index (χ4v) is 2.79. The Kier molecular flexibility index (Phi) is 5.92. The molecule has 1 aromatic rings. The summed E-state index contributed by atoms with van der Waals surface area (Å²) in [5.41, 5.74) is 0. The van der Waals surface area contributed by atoms with Gasteiger partial charge in [0.25, 0.3) is 0 Å². The van der Waals surface area contributed by atoms with Crippen LogP contribution in [0.2, 0.25) is 37.8 Å². The van der Waals surface area contributed by atoms with Crippen LogP contribution in [-0.4, -0.2) is 16.6 Å². The third kappa shape index (κ3) is 6.28. The molecule has 124 valence electrons. The van der Waals surface area contributed by atoms with E-state index in [1.165, 1.54) is 0 Å². The zero-order valence-corrected chi connectivity index (χ0v) is 17.2. The molecule has 0 bridgehead atoms. The Morgan fingerprint density at radius 1 is 0.955 bits per heavy atom. The molecule has 5 heteroatoms. The van der Waals surface area contributed by atoms with Gasteiger partial charge in [0, 0.05) is 0 Å². The van der Waals surface area contributed by atoms with Crippen molar-refractivity contribution in [3.8, 4) is 5.75 Å². The molecule has 3 nitrogen and oxygen atoms in total.